The molecule has 1 aromatic heterocycles. The Morgan fingerprint density at radius 3 is 2.83 bits per heavy atom. The molecule has 1 heterocycles. The first kappa shape index (κ1) is 17.2. The zero-order chi connectivity index (χ0) is 17.0. The van der Waals surface area contributed by atoms with E-state index < -0.39 is 0 Å². The summed E-state index contributed by atoms with van der Waals surface area (Å²) in [5.41, 5.74) is 2.66. The first-order chi connectivity index (χ1) is 11.7. The molecule has 1 spiro atoms. The lowest BCUT2D eigenvalue weighted by atomic mass is 9.51. The van der Waals surface area contributed by atoms with E-state index in [4.69, 9.17) is 4.74 Å². The van der Waals surface area contributed by atoms with Crippen molar-refractivity contribution in [1.82, 2.24) is 15.6 Å². The monoisotopic (exact) mass is 330 g/mol. The van der Waals surface area contributed by atoms with E-state index in [0.717, 1.165) is 37.6 Å². The van der Waals surface area contributed by atoms with E-state index in [-0.39, 0.29) is 0 Å². The SMILES string of the molecule is CCOC1CC(NC(=NC)NCCc2ccc(C)nc2)C12CCC2. The summed E-state index contributed by atoms with van der Waals surface area (Å²) in [7, 11) is 1.84. The van der Waals surface area contributed by atoms with Gasteiger partial charge in [0.05, 0.1) is 6.10 Å². The van der Waals surface area contributed by atoms with Crippen LogP contribution in [0.3, 0.4) is 0 Å². The van der Waals surface area contributed by atoms with Crippen molar-refractivity contribution in [2.45, 2.75) is 58.1 Å². The Labute approximate surface area is 145 Å². The Kier molecular flexibility index (Phi) is 5.39. The summed E-state index contributed by atoms with van der Waals surface area (Å²) < 4.78 is 5.92. The lowest BCUT2D eigenvalue weighted by molar-refractivity contribution is -0.168. The number of nitrogens with one attached hydrogen (secondary N) is 2. The highest BCUT2D eigenvalue weighted by molar-refractivity contribution is 5.80. The number of pyridine rings is 1. The second-order valence-electron chi connectivity index (χ2n) is 7.02. The molecule has 0 amide bonds. The molecule has 0 radical (unpaired) electrons. The molecule has 24 heavy (non-hydrogen) atoms. The molecule has 2 unspecified atom stereocenters. The predicted molar refractivity (Wildman–Crippen MR) is 97.3 cm³/mol. The molecule has 2 saturated carbocycles. The normalized spacial score (nSPS) is 25.0. The maximum atomic E-state index is 5.92. The van der Waals surface area contributed by atoms with Gasteiger partial charge in [-0.25, -0.2) is 0 Å². The molecule has 0 aliphatic heterocycles. The van der Waals surface area contributed by atoms with E-state index in [1.807, 2.05) is 20.2 Å². The molecule has 2 N–H and O–H groups in total. The second kappa shape index (κ2) is 7.51. The Morgan fingerprint density at radius 2 is 2.25 bits per heavy atom. The molecule has 0 aromatic carbocycles. The minimum atomic E-state index is 0.356. The van der Waals surface area contributed by atoms with Crippen LogP contribution in [-0.2, 0) is 11.2 Å². The number of nitrogens with zero attached hydrogens (tertiary/aromatic N) is 2. The number of aliphatic imine (C=N–C) groups is 1. The van der Waals surface area contributed by atoms with Gasteiger partial charge in [-0.05, 0) is 51.2 Å². The predicted octanol–water partition coefficient (Wildman–Crippen LogP) is 2.45. The molecule has 2 atom stereocenters. The van der Waals surface area contributed by atoms with Crippen LogP contribution in [0.1, 0.15) is 43.9 Å². The highest BCUT2D eigenvalue weighted by atomic mass is 16.5. The van der Waals surface area contributed by atoms with E-state index in [9.17, 15) is 0 Å². The van der Waals surface area contributed by atoms with Gasteiger partial charge in [-0.15, -0.1) is 0 Å². The molecule has 0 bridgehead atoms. The Morgan fingerprint density at radius 1 is 1.42 bits per heavy atom. The average Bonchev–Trinajstić information content (AvgIpc) is 2.52. The van der Waals surface area contributed by atoms with Crippen molar-refractivity contribution in [2.75, 3.05) is 20.2 Å². The van der Waals surface area contributed by atoms with Gasteiger partial charge in [-0.2, -0.15) is 0 Å². The van der Waals surface area contributed by atoms with E-state index in [0.29, 0.717) is 17.6 Å². The average molecular weight is 330 g/mol. The molecule has 2 aliphatic carbocycles. The fourth-order valence-corrected chi connectivity index (χ4v) is 3.97. The Hall–Kier alpha value is -1.62. The number of hydrogen-bond acceptors (Lipinski definition) is 3. The Balaban J connectivity index is 1.46. The molecule has 0 saturated heterocycles. The number of ether oxygens (including phenoxy) is 1. The van der Waals surface area contributed by atoms with Crippen molar-refractivity contribution < 1.29 is 4.74 Å². The largest absolute Gasteiger partial charge is 0.378 e. The summed E-state index contributed by atoms with van der Waals surface area (Å²) in [6.45, 7) is 5.78. The maximum Gasteiger partial charge on any atom is 0.191 e. The summed E-state index contributed by atoms with van der Waals surface area (Å²) >= 11 is 0. The van der Waals surface area contributed by atoms with Crippen LogP contribution in [0.2, 0.25) is 0 Å². The first-order valence-corrected chi connectivity index (χ1v) is 9.18. The number of hydrogen-bond donors (Lipinski definition) is 2. The molecule has 2 fully saturated rings. The van der Waals surface area contributed by atoms with Gasteiger partial charge in [-0.3, -0.25) is 9.98 Å². The van der Waals surface area contributed by atoms with Gasteiger partial charge in [0.15, 0.2) is 5.96 Å². The fourth-order valence-electron chi connectivity index (χ4n) is 3.97. The van der Waals surface area contributed by atoms with Crippen molar-refractivity contribution in [3.05, 3.63) is 29.6 Å². The molecular weight excluding hydrogens is 300 g/mol. The van der Waals surface area contributed by atoms with Crippen LogP contribution in [-0.4, -0.2) is 43.3 Å². The van der Waals surface area contributed by atoms with Crippen LogP contribution < -0.4 is 10.6 Å². The second-order valence-corrected chi connectivity index (χ2v) is 7.02. The minimum Gasteiger partial charge on any atom is -0.378 e. The number of rotatable bonds is 6. The quantitative estimate of drug-likeness (QED) is 0.621. The van der Waals surface area contributed by atoms with Gasteiger partial charge < -0.3 is 15.4 Å². The molecule has 2 aliphatic rings. The zero-order valence-corrected chi connectivity index (χ0v) is 15.1. The maximum absolute atomic E-state index is 5.92. The first-order valence-electron chi connectivity index (χ1n) is 9.18. The summed E-state index contributed by atoms with van der Waals surface area (Å²) in [5.74, 6) is 0.904. The third-order valence-corrected chi connectivity index (χ3v) is 5.65. The standard InChI is InChI=1S/C19H30N4O/c1-4-24-17-12-16(19(17)9-5-10-19)23-18(20-3)21-11-8-15-7-6-14(2)22-13-15/h6-7,13,16-17H,4-5,8-12H2,1-3H3,(H2,20,21,23). The van der Waals surface area contributed by atoms with Crippen LogP contribution in [0.15, 0.2) is 23.3 Å². The lowest BCUT2D eigenvalue weighted by Gasteiger charge is -2.61. The topological polar surface area (TPSA) is 58.5 Å². The van der Waals surface area contributed by atoms with Gasteiger partial charge in [-0.1, -0.05) is 12.5 Å². The Bertz CT molecular complexity index is 565. The van der Waals surface area contributed by atoms with Gasteiger partial charge in [0.1, 0.15) is 0 Å². The highest BCUT2D eigenvalue weighted by Gasteiger charge is 2.59. The van der Waals surface area contributed by atoms with Crippen molar-refractivity contribution in [2.24, 2.45) is 10.4 Å². The molecular formula is C19H30N4O. The third-order valence-electron chi connectivity index (χ3n) is 5.65. The number of aryl methyl sites for hydroxylation is 1. The molecule has 5 heteroatoms. The molecule has 1 aromatic rings. The third kappa shape index (κ3) is 3.41. The summed E-state index contributed by atoms with van der Waals surface area (Å²) in [6, 6.07) is 4.70. The smallest absolute Gasteiger partial charge is 0.191 e. The van der Waals surface area contributed by atoms with E-state index in [2.05, 4.69) is 39.7 Å². The van der Waals surface area contributed by atoms with Crippen molar-refractivity contribution >= 4 is 5.96 Å². The van der Waals surface area contributed by atoms with E-state index >= 15 is 0 Å². The van der Waals surface area contributed by atoms with Crippen LogP contribution in [0.5, 0.6) is 0 Å². The minimum absolute atomic E-state index is 0.356. The summed E-state index contributed by atoms with van der Waals surface area (Å²) in [6.07, 6.45) is 8.32. The van der Waals surface area contributed by atoms with Gasteiger partial charge in [0.2, 0.25) is 0 Å². The van der Waals surface area contributed by atoms with Crippen molar-refractivity contribution in [1.29, 1.82) is 0 Å². The fraction of sp³-hybridized carbons (Fsp3) is 0.684. The van der Waals surface area contributed by atoms with Crippen LogP contribution in [0.25, 0.3) is 0 Å². The summed E-state index contributed by atoms with van der Waals surface area (Å²) in [4.78, 5) is 8.73. The summed E-state index contributed by atoms with van der Waals surface area (Å²) in [5, 5.41) is 7.06. The van der Waals surface area contributed by atoms with Crippen LogP contribution in [0, 0.1) is 12.3 Å². The van der Waals surface area contributed by atoms with Gasteiger partial charge >= 0.3 is 0 Å². The van der Waals surface area contributed by atoms with Crippen LogP contribution in [0.4, 0.5) is 0 Å². The van der Waals surface area contributed by atoms with Gasteiger partial charge in [0.25, 0.3) is 0 Å². The molecule has 5 nitrogen and oxygen atoms in total. The molecule has 132 valence electrons. The van der Waals surface area contributed by atoms with Crippen molar-refractivity contribution in [3.63, 3.8) is 0 Å². The number of guanidine groups is 1. The van der Waals surface area contributed by atoms with Crippen LogP contribution >= 0.6 is 0 Å². The van der Waals surface area contributed by atoms with Gasteiger partial charge in [0, 0.05) is 43.5 Å². The highest BCUT2D eigenvalue weighted by Crippen LogP contribution is 2.57. The number of aromatic nitrogens is 1. The molecule has 3 rings (SSSR count). The zero-order valence-electron chi connectivity index (χ0n) is 15.1. The van der Waals surface area contributed by atoms with Crippen molar-refractivity contribution in [3.8, 4) is 0 Å². The van der Waals surface area contributed by atoms with E-state index in [1.54, 1.807) is 0 Å². The lowest BCUT2D eigenvalue weighted by Crippen LogP contribution is -2.68. The van der Waals surface area contributed by atoms with E-state index in [1.165, 1.54) is 24.8 Å².